The van der Waals surface area contributed by atoms with E-state index in [4.69, 9.17) is 5.11 Å². The van der Waals surface area contributed by atoms with Crippen LogP contribution in [0.3, 0.4) is 0 Å². The van der Waals surface area contributed by atoms with E-state index in [0.29, 0.717) is 6.04 Å². The van der Waals surface area contributed by atoms with Gasteiger partial charge in [0, 0.05) is 19.3 Å². The molecule has 1 saturated carbocycles. The topological polar surface area (TPSA) is 53.4 Å². The van der Waals surface area contributed by atoms with E-state index in [-0.39, 0.29) is 5.56 Å². The van der Waals surface area contributed by atoms with Crippen molar-refractivity contribution in [1.82, 2.24) is 4.98 Å². The normalized spacial score (nSPS) is 15.1. The number of hydrogen-bond acceptors (Lipinski definition) is 3. The van der Waals surface area contributed by atoms with Crippen molar-refractivity contribution in [2.45, 2.75) is 25.8 Å². The van der Waals surface area contributed by atoms with Crippen LogP contribution in [0.2, 0.25) is 0 Å². The van der Waals surface area contributed by atoms with Crippen LogP contribution in [0.25, 0.3) is 0 Å². The molecule has 2 rings (SSSR count). The van der Waals surface area contributed by atoms with Crippen LogP contribution in [0.15, 0.2) is 12.3 Å². The van der Waals surface area contributed by atoms with Gasteiger partial charge in [0.2, 0.25) is 0 Å². The smallest absolute Gasteiger partial charge is 0.337 e. The van der Waals surface area contributed by atoms with Crippen LogP contribution in [-0.4, -0.2) is 29.1 Å². The maximum Gasteiger partial charge on any atom is 0.337 e. The van der Waals surface area contributed by atoms with E-state index in [2.05, 4.69) is 9.88 Å². The summed E-state index contributed by atoms with van der Waals surface area (Å²) in [7, 11) is 2.01. The molecular weight excluding hydrogens is 192 g/mol. The molecule has 80 valence electrons. The van der Waals surface area contributed by atoms with Gasteiger partial charge < -0.3 is 10.0 Å². The minimum absolute atomic E-state index is 0.250. The van der Waals surface area contributed by atoms with Crippen LogP contribution in [0.1, 0.15) is 28.8 Å². The molecule has 0 unspecified atom stereocenters. The largest absolute Gasteiger partial charge is 0.478 e. The first kappa shape index (κ1) is 9.96. The van der Waals surface area contributed by atoms with Gasteiger partial charge in [-0.2, -0.15) is 0 Å². The molecule has 0 spiro atoms. The molecule has 1 aromatic rings. The third-order valence-electron chi connectivity index (χ3n) is 2.73. The first-order chi connectivity index (χ1) is 7.09. The number of aryl methyl sites for hydroxylation is 1. The summed E-state index contributed by atoms with van der Waals surface area (Å²) in [4.78, 5) is 17.1. The van der Waals surface area contributed by atoms with E-state index in [1.54, 1.807) is 6.07 Å². The molecule has 1 N–H and O–H groups in total. The summed E-state index contributed by atoms with van der Waals surface area (Å²) in [5.74, 6) is -0.0336. The quantitative estimate of drug-likeness (QED) is 0.817. The van der Waals surface area contributed by atoms with Crippen LogP contribution in [0.4, 0.5) is 5.82 Å². The third kappa shape index (κ3) is 1.93. The van der Waals surface area contributed by atoms with E-state index in [9.17, 15) is 4.79 Å². The lowest BCUT2D eigenvalue weighted by Crippen LogP contribution is -2.21. The van der Waals surface area contributed by atoms with Crippen LogP contribution >= 0.6 is 0 Å². The Balaban J connectivity index is 2.29. The van der Waals surface area contributed by atoms with Gasteiger partial charge in [0.25, 0.3) is 0 Å². The van der Waals surface area contributed by atoms with E-state index in [0.717, 1.165) is 11.4 Å². The van der Waals surface area contributed by atoms with Crippen LogP contribution in [-0.2, 0) is 0 Å². The highest BCUT2D eigenvalue weighted by molar-refractivity contribution is 5.87. The molecule has 0 radical (unpaired) electrons. The zero-order chi connectivity index (χ0) is 11.0. The molecule has 4 nitrogen and oxygen atoms in total. The van der Waals surface area contributed by atoms with Gasteiger partial charge >= 0.3 is 5.97 Å². The SMILES string of the molecule is Cc1cc(C(=O)O)cnc1N(C)C1CC1. The van der Waals surface area contributed by atoms with Crippen molar-refractivity contribution in [3.63, 3.8) is 0 Å². The number of anilines is 1. The summed E-state index contributed by atoms with van der Waals surface area (Å²) in [5, 5.41) is 8.81. The Labute approximate surface area is 88.6 Å². The molecule has 1 heterocycles. The van der Waals surface area contributed by atoms with E-state index >= 15 is 0 Å². The molecule has 1 aliphatic carbocycles. The van der Waals surface area contributed by atoms with Crippen molar-refractivity contribution in [2.24, 2.45) is 0 Å². The number of rotatable bonds is 3. The van der Waals surface area contributed by atoms with Crippen LogP contribution in [0.5, 0.6) is 0 Å². The molecule has 1 aliphatic rings. The van der Waals surface area contributed by atoms with Crippen molar-refractivity contribution < 1.29 is 9.90 Å². The lowest BCUT2D eigenvalue weighted by Gasteiger charge is -2.19. The van der Waals surface area contributed by atoms with E-state index in [1.807, 2.05) is 14.0 Å². The Hall–Kier alpha value is -1.58. The molecule has 0 amide bonds. The van der Waals surface area contributed by atoms with Crippen LogP contribution < -0.4 is 4.90 Å². The first-order valence-electron chi connectivity index (χ1n) is 5.02. The minimum Gasteiger partial charge on any atom is -0.478 e. The average Bonchev–Trinajstić information content (AvgIpc) is 2.99. The Morgan fingerprint density at radius 1 is 1.60 bits per heavy atom. The van der Waals surface area contributed by atoms with Gasteiger partial charge in [0.05, 0.1) is 5.56 Å². The fraction of sp³-hybridized carbons (Fsp3) is 0.455. The second-order valence-electron chi connectivity index (χ2n) is 4.01. The standard InChI is InChI=1S/C11H14N2O2/c1-7-5-8(11(14)15)6-12-10(7)13(2)9-3-4-9/h5-6,9H,3-4H2,1-2H3,(H,14,15). The molecule has 0 bridgehead atoms. The Bertz CT molecular complexity index is 400. The van der Waals surface area contributed by atoms with Crippen molar-refractivity contribution in [2.75, 3.05) is 11.9 Å². The number of carbonyl (C=O) groups is 1. The number of aromatic carboxylic acids is 1. The summed E-state index contributed by atoms with van der Waals surface area (Å²) in [5.41, 5.74) is 1.17. The molecule has 0 aliphatic heterocycles. The minimum atomic E-state index is -0.925. The average molecular weight is 206 g/mol. The highest BCUT2D eigenvalue weighted by Gasteiger charge is 2.28. The lowest BCUT2D eigenvalue weighted by atomic mass is 10.2. The van der Waals surface area contributed by atoms with Crippen molar-refractivity contribution in [3.05, 3.63) is 23.4 Å². The first-order valence-corrected chi connectivity index (χ1v) is 5.02. The van der Waals surface area contributed by atoms with Crippen LogP contribution in [0, 0.1) is 6.92 Å². The number of carboxylic acid groups (broad SMARTS) is 1. The molecule has 0 aromatic carbocycles. The third-order valence-corrected chi connectivity index (χ3v) is 2.73. The second-order valence-corrected chi connectivity index (χ2v) is 4.01. The van der Waals surface area contributed by atoms with E-state index < -0.39 is 5.97 Å². The van der Waals surface area contributed by atoms with Crippen molar-refractivity contribution in [3.8, 4) is 0 Å². The zero-order valence-electron chi connectivity index (χ0n) is 8.90. The summed E-state index contributed by atoms with van der Waals surface area (Å²) < 4.78 is 0. The number of aromatic nitrogens is 1. The Morgan fingerprint density at radius 2 is 2.27 bits per heavy atom. The monoisotopic (exact) mass is 206 g/mol. The highest BCUT2D eigenvalue weighted by Crippen LogP contribution is 2.30. The Kier molecular flexibility index (Phi) is 2.34. The molecule has 4 heteroatoms. The van der Waals surface area contributed by atoms with Gasteiger partial charge in [-0.25, -0.2) is 9.78 Å². The second kappa shape index (κ2) is 3.53. The highest BCUT2D eigenvalue weighted by atomic mass is 16.4. The summed E-state index contributed by atoms with van der Waals surface area (Å²) in [6, 6.07) is 2.26. The van der Waals surface area contributed by atoms with Gasteiger partial charge in [-0.3, -0.25) is 0 Å². The number of pyridine rings is 1. The predicted octanol–water partition coefficient (Wildman–Crippen LogP) is 1.69. The number of hydrogen-bond donors (Lipinski definition) is 1. The number of carboxylic acids is 1. The molecule has 0 atom stereocenters. The summed E-state index contributed by atoms with van der Waals surface area (Å²) in [6.45, 7) is 1.90. The lowest BCUT2D eigenvalue weighted by molar-refractivity contribution is 0.0696. The summed E-state index contributed by atoms with van der Waals surface area (Å²) in [6.07, 6.45) is 3.83. The fourth-order valence-corrected chi connectivity index (χ4v) is 1.69. The zero-order valence-corrected chi connectivity index (χ0v) is 8.90. The maximum atomic E-state index is 10.7. The Morgan fingerprint density at radius 3 is 2.73 bits per heavy atom. The molecule has 1 fully saturated rings. The predicted molar refractivity (Wildman–Crippen MR) is 57.4 cm³/mol. The van der Waals surface area contributed by atoms with Gasteiger partial charge in [-0.15, -0.1) is 0 Å². The van der Waals surface area contributed by atoms with E-state index in [1.165, 1.54) is 19.0 Å². The van der Waals surface area contributed by atoms with Gasteiger partial charge in [0.15, 0.2) is 0 Å². The van der Waals surface area contributed by atoms with Crippen molar-refractivity contribution in [1.29, 1.82) is 0 Å². The van der Waals surface area contributed by atoms with Gasteiger partial charge in [0.1, 0.15) is 5.82 Å². The number of nitrogens with zero attached hydrogens (tertiary/aromatic N) is 2. The van der Waals surface area contributed by atoms with Crippen molar-refractivity contribution >= 4 is 11.8 Å². The molecular formula is C11H14N2O2. The van der Waals surface area contributed by atoms with Gasteiger partial charge in [-0.05, 0) is 31.4 Å². The molecule has 15 heavy (non-hydrogen) atoms. The maximum absolute atomic E-state index is 10.7. The molecule has 0 saturated heterocycles. The fourth-order valence-electron chi connectivity index (χ4n) is 1.69. The summed E-state index contributed by atoms with van der Waals surface area (Å²) >= 11 is 0. The molecule has 1 aromatic heterocycles. The van der Waals surface area contributed by atoms with Gasteiger partial charge in [-0.1, -0.05) is 0 Å².